The first-order valence-electron chi connectivity index (χ1n) is 5.58. The fraction of sp³-hybridized carbons (Fsp3) is 0.455. The average Bonchev–Trinajstić information content (AvgIpc) is 2.34. The summed E-state index contributed by atoms with van der Waals surface area (Å²) in [5.41, 5.74) is -1.16. The second-order valence-electron chi connectivity index (χ2n) is 4.07. The van der Waals surface area contributed by atoms with Crippen molar-refractivity contribution in [3.8, 4) is 0 Å². The molecule has 0 radical (unpaired) electrons. The van der Waals surface area contributed by atoms with Crippen LogP contribution in [0.3, 0.4) is 0 Å². The van der Waals surface area contributed by atoms with Gasteiger partial charge in [0.1, 0.15) is 0 Å². The van der Waals surface area contributed by atoms with Gasteiger partial charge in [-0.2, -0.15) is 17.5 Å². The van der Waals surface area contributed by atoms with Crippen molar-refractivity contribution in [2.45, 2.75) is 11.1 Å². The summed E-state index contributed by atoms with van der Waals surface area (Å²) in [5, 5.41) is 2.23. The highest BCUT2D eigenvalue weighted by molar-refractivity contribution is 7.89. The first kappa shape index (κ1) is 17.2. The molecule has 1 N–H and O–H groups in total. The van der Waals surface area contributed by atoms with Crippen LogP contribution in [0.1, 0.15) is 5.56 Å². The molecule has 1 rings (SSSR count). The Bertz CT molecular complexity index is 576. The van der Waals surface area contributed by atoms with Gasteiger partial charge in [0, 0.05) is 20.1 Å². The molecule has 1 aromatic carbocycles. The maximum absolute atomic E-state index is 12.7. The number of sulfonamides is 1. The zero-order valence-corrected chi connectivity index (χ0v) is 12.4. The summed E-state index contributed by atoms with van der Waals surface area (Å²) in [5.74, 6) is 0. The highest BCUT2D eigenvalue weighted by atomic mass is 35.5. The molecule has 4 nitrogen and oxygen atoms in total. The van der Waals surface area contributed by atoms with Crippen LogP contribution in [0.2, 0.25) is 5.02 Å². The van der Waals surface area contributed by atoms with Crippen LogP contribution < -0.4 is 5.32 Å². The molecule has 20 heavy (non-hydrogen) atoms. The number of alkyl halides is 3. The van der Waals surface area contributed by atoms with Crippen LogP contribution in [-0.2, 0) is 16.2 Å². The van der Waals surface area contributed by atoms with Crippen molar-refractivity contribution in [2.24, 2.45) is 0 Å². The van der Waals surface area contributed by atoms with Gasteiger partial charge in [0.05, 0.1) is 15.5 Å². The standard InChI is InChI=1S/C11H14ClF3N2O2S/c1-16-5-6-17(2)20(18,19)8-3-4-10(12)9(7-8)11(13,14)15/h3-4,7,16H,5-6H2,1-2H3. The minimum atomic E-state index is -4.70. The minimum absolute atomic E-state index is 0.142. The van der Waals surface area contributed by atoms with E-state index in [1.807, 2.05) is 0 Å². The molecule has 114 valence electrons. The molecule has 1 aromatic rings. The molecular weight excluding hydrogens is 317 g/mol. The van der Waals surface area contributed by atoms with Crippen LogP contribution in [0, 0.1) is 0 Å². The molecule has 0 amide bonds. The van der Waals surface area contributed by atoms with E-state index in [4.69, 9.17) is 11.6 Å². The second-order valence-corrected chi connectivity index (χ2v) is 6.52. The molecule has 0 aromatic heterocycles. The Labute approximate surface area is 120 Å². The Morgan fingerprint density at radius 3 is 2.45 bits per heavy atom. The minimum Gasteiger partial charge on any atom is -0.318 e. The van der Waals surface area contributed by atoms with Crippen molar-refractivity contribution in [1.82, 2.24) is 9.62 Å². The number of halogens is 4. The maximum Gasteiger partial charge on any atom is 0.417 e. The van der Waals surface area contributed by atoms with Crippen LogP contribution in [-0.4, -0.2) is 39.9 Å². The third-order valence-electron chi connectivity index (χ3n) is 2.63. The molecule has 0 aliphatic carbocycles. The summed E-state index contributed by atoms with van der Waals surface area (Å²) < 4.78 is 63.4. The lowest BCUT2D eigenvalue weighted by molar-refractivity contribution is -0.137. The second kappa shape index (κ2) is 6.30. The summed E-state index contributed by atoms with van der Waals surface area (Å²) in [6, 6.07) is 2.54. The zero-order valence-electron chi connectivity index (χ0n) is 10.8. The molecule has 0 spiro atoms. The van der Waals surface area contributed by atoms with Gasteiger partial charge in [0.2, 0.25) is 10.0 Å². The van der Waals surface area contributed by atoms with Gasteiger partial charge < -0.3 is 5.32 Å². The van der Waals surface area contributed by atoms with E-state index in [0.717, 1.165) is 16.4 Å². The number of nitrogens with one attached hydrogen (secondary N) is 1. The summed E-state index contributed by atoms with van der Waals surface area (Å²) in [6.07, 6.45) is -4.70. The van der Waals surface area contributed by atoms with E-state index in [-0.39, 0.29) is 6.54 Å². The zero-order chi connectivity index (χ0) is 15.6. The first-order chi connectivity index (χ1) is 9.10. The molecule has 0 fully saturated rings. The Morgan fingerprint density at radius 1 is 1.35 bits per heavy atom. The van der Waals surface area contributed by atoms with Gasteiger partial charge in [-0.25, -0.2) is 8.42 Å². The van der Waals surface area contributed by atoms with Crippen molar-refractivity contribution in [3.05, 3.63) is 28.8 Å². The SMILES string of the molecule is CNCCN(C)S(=O)(=O)c1ccc(Cl)c(C(F)(F)F)c1. The molecule has 0 saturated heterocycles. The third-order valence-corrected chi connectivity index (χ3v) is 4.81. The van der Waals surface area contributed by atoms with Crippen LogP contribution in [0.15, 0.2) is 23.1 Å². The Morgan fingerprint density at radius 2 is 1.95 bits per heavy atom. The topological polar surface area (TPSA) is 49.4 Å². The van der Waals surface area contributed by atoms with Gasteiger partial charge >= 0.3 is 6.18 Å². The normalized spacial score (nSPS) is 12.9. The molecule has 0 aliphatic rings. The summed E-state index contributed by atoms with van der Waals surface area (Å²) in [4.78, 5) is -0.437. The average molecular weight is 331 g/mol. The van der Waals surface area contributed by atoms with Crippen LogP contribution >= 0.6 is 11.6 Å². The van der Waals surface area contributed by atoms with Gasteiger partial charge in [0.15, 0.2) is 0 Å². The van der Waals surface area contributed by atoms with E-state index in [0.29, 0.717) is 12.6 Å². The van der Waals surface area contributed by atoms with Gasteiger partial charge in [-0.3, -0.25) is 0 Å². The number of likely N-dealkylation sites (N-methyl/N-ethyl adjacent to an activating group) is 2. The quantitative estimate of drug-likeness (QED) is 0.900. The van der Waals surface area contributed by atoms with Crippen molar-refractivity contribution < 1.29 is 21.6 Å². The van der Waals surface area contributed by atoms with Crippen LogP contribution in [0.25, 0.3) is 0 Å². The van der Waals surface area contributed by atoms with Crippen molar-refractivity contribution >= 4 is 21.6 Å². The van der Waals surface area contributed by atoms with Crippen molar-refractivity contribution in [3.63, 3.8) is 0 Å². The van der Waals surface area contributed by atoms with Crippen molar-refractivity contribution in [2.75, 3.05) is 27.2 Å². The number of hydrogen-bond acceptors (Lipinski definition) is 3. The van der Waals surface area contributed by atoms with Gasteiger partial charge in [0.25, 0.3) is 0 Å². The lowest BCUT2D eigenvalue weighted by Gasteiger charge is -2.18. The fourth-order valence-electron chi connectivity index (χ4n) is 1.45. The summed E-state index contributed by atoms with van der Waals surface area (Å²) in [7, 11) is -1.03. The number of hydrogen-bond donors (Lipinski definition) is 1. The highest BCUT2D eigenvalue weighted by Gasteiger charge is 2.35. The largest absolute Gasteiger partial charge is 0.417 e. The number of rotatable bonds is 5. The van der Waals surface area contributed by atoms with E-state index in [9.17, 15) is 21.6 Å². The van der Waals surface area contributed by atoms with E-state index >= 15 is 0 Å². The van der Waals surface area contributed by atoms with Gasteiger partial charge in [-0.15, -0.1) is 0 Å². The fourth-order valence-corrected chi connectivity index (χ4v) is 2.87. The smallest absolute Gasteiger partial charge is 0.318 e. The molecule has 0 aliphatic heterocycles. The Hall–Kier alpha value is -0.830. The highest BCUT2D eigenvalue weighted by Crippen LogP contribution is 2.36. The van der Waals surface area contributed by atoms with E-state index in [1.165, 1.54) is 7.05 Å². The lowest BCUT2D eigenvalue weighted by Crippen LogP contribution is -2.33. The van der Waals surface area contributed by atoms with Gasteiger partial charge in [-0.1, -0.05) is 11.6 Å². The predicted molar refractivity (Wildman–Crippen MR) is 70.2 cm³/mol. The van der Waals surface area contributed by atoms with Crippen LogP contribution in [0.5, 0.6) is 0 Å². The number of benzene rings is 1. The van der Waals surface area contributed by atoms with Crippen molar-refractivity contribution in [1.29, 1.82) is 0 Å². The predicted octanol–water partition coefficient (Wildman–Crippen LogP) is 2.20. The molecule has 9 heteroatoms. The Balaban J connectivity index is 3.20. The van der Waals surface area contributed by atoms with E-state index < -0.39 is 31.7 Å². The molecule has 0 saturated carbocycles. The van der Waals surface area contributed by atoms with E-state index in [1.54, 1.807) is 7.05 Å². The molecular formula is C11H14ClF3N2O2S. The monoisotopic (exact) mass is 330 g/mol. The van der Waals surface area contributed by atoms with E-state index in [2.05, 4.69) is 5.32 Å². The molecule has 0 unspecified atom stereocenters. The molecule has 0 atom stereocenters. The molecule has 0 heterocycles. The summed E-state index contributed by atoms with van der Waals surface area (Å²) >= 11 is 5.46. The number of nitrogens with zero attached hydrogens (tertiary/aromatic N) is 1. The third kappa shape index (κ3) is 3.85. The summed E-state index contributed by atoms with van der Waals surface area (Å²) in [6.45, 7) is 0.526. The lowest BCUT2D eigenvalue weighted by atomic mass is 10.2. The molecule has 0 bridgehead atoms. The Kier molecular flexibility index (Phi) is 5.42. The van der Waals surface area contributed by atoms with Gasteiger partial charge in [-0.05, 0) is 25.2 Å². The maximum atomic E-state index is 12.7. The first-order valence-corrected chi connectivity index (χ1v) is 7.40. The van der Waals surface area contributed by atoms with Crippen LogP contribution in [0.4, 0.5) is 13.2 Å².